The summed E-state index contributed by atoms with van der Waals surface area (Å²) in [6.07, 6.45) is 0.436. The summed E-state index contributed by atoms with van der Waals surface area (Å²) in [5.41, 5.74) is 1.52. The highest BCUT2D eigenvalue weighted by molar-refractivity contribution is 7.14. The first kappa shape index (κ1) is 24.2. The number of rotatable bonds is 8. The molecule has 1 fully saturated rings. The van der Waals surface area contributed by atoms with Crippen LogP contribution in [0.4, 0.5) is 8.78 Å². The number of hydrogen-bond donors (Lipinski definition) is 2. The number of benzene rings is 1. The quantitative estimate of drug-likeness (QED) is 0.492. The molecule has 1 aliphatic heterocycles. The Kier molecular flexibility index (Phi) is 7.81. The molecule has 34 heavy (non-hydrogen) atoms. The third kappa shape index (κ3) is 6.13. The molecule has 180 valence electrons. The van der Waals surface area contributed by atoms with Crippen LogP contribution < -0.4 is 15.4 Å². The van der Waals surface area contributed by atoms with Crippen molar-refractivity contribution >= 4 is 17.2 Å². The second-order valence-corrected chi connectivity index (χ2v) is 9.28. The fraction of sp³-hybridized carbons (Fsp3) is 0.375. The predicted molar refractivity (Wildman–Crippen MR) is 125 cm³/mol. The summed E-state index contributed by atoms with van der Waals surface area (Å²) >= 11 is 1.53. The van der Waals surface area contributed by atoms with Crippen LogP contribution in [-0.4, -0.2) is 48.3 Å². The van der Waals surface area contributed by atoms with Gasteiger partial charge in [0.1, 0.15) is 29.2 Å². The first-order valence-corrected chi connectivity index (χ1v) is 11.8. The van der Waals surface area contributed by atoms with Crippen LogP contribution in [0.3, 0.4) is 0 Å². The van der Waals surface area contributed by atoms with E-state index in [2.05, 4.69) is 20.6 Å². The van der Waals surface area contributed by atoms with Gasteiger partial charge in [-0.25, -0.2) is 13.8 Å². The van der Waals surface area contributed by atoms with E-state index in [1.165, 1.54) is 23.6 Å². The average molecular weight is 489 g/mol. The van der Waals surface area contributed by atoms with Gasteiger partial charge >= 0.3 is 0 Å². The van der Waals surface area contributed by atoms with E-state index in [0.717, 1.165) is 22.0 Å². The van der Waals surface area contributed by atoms with Gasteiger partial charge < -0.3 is 20.1 Å². The second kappa shape index (κ2) is 11.0. The third-order valence-electron chi connectivity index (χ3n) is 5.36. The van der Waals surface area contributed by atoms with Gasteiger partial charge in [0.15, 0.2) is 0 Å². The Morgan fingerprint density at radius 1 is 1.29 bits per heavy atom. The van der Waals surface area contributed by atoms with Crippen molar-refractivity contribution < 1.29 is 23.0 Å². The number of nitrogens with zero attached hydrogens (tertiary/aromatic N) is 2. The molecule has 2 atom stereocenters. The number of ether oxygens (including phenoxy) is 2. The van der Waals surface area contributed by atoms with Crippen LogP contribution in [-0.2, 0) is 4.74 Å². The van der Waals surface area contributed by atoms with E-state index in [4.69, 9.17) is 9.47 Å². The maximum absolute atomic E-state index is 13.1. The van der Waals surface area contributed by atoms with Crippen molar-refractivity contribution in [3.63, 3.8) is 0 Å². The number of pyridine rings is 1. The Bertz CT molecular complexity index is 1120. The maximum atomic E-state index is 13.1. The summed E-state index contributed by atoms with van der Waals surface area (Å²) < 4.78 is 37.2. The largest absolute Gasteiger partial charge is 0.491 e. The molecule has 1 amide bonds. The summed E-state index contributed by atoms with van der Waals surface area (Å²) in [5.74, 6) is 0.223. The molecule has 4 rings (SSSR count). The Hall–Kier alpha value is -2.95. The lowest BCUT2D eigenvalue weighted by Crippen LogP contribution is -2.41. The molecule has 10 heteroatoms. The van der Waals surface area contributed by atoms with Gasteiger partial charge in [-0.3, -0.25) is 9.78 Å². The Morgan fingerprint density at radius 2 is 2.15 bits per heavy atom. The SMILES string of the molecule is Cc1cnc(-c2cc(OC[C@H]3CNCCO3)cc(C(=O)N[C@H](C)c3ccc(C(F)F)nc3)c2)s1. The molecular weight excluding hydrogens is 462 g/mol. The predicted octanol–water partition coefficient (Wildman–Crippen LogP) is 4.31. The van der Waals surface area contributed by atoms with Crippen LogP contribution in [0.2, 0.25) is 0 Å². The van der Waals surface area contributed by atoms with Gasteiger partial charge in [-0.15, -0.1) is 11.3 Å². The highest BCUT2D eigenvalue weighted by Gasteiger charge is 2.18. The van der Waals surface area contributed by atoms with Gasteiger partial charge in [-0.2, -0.15) is 0 Å². The van der Waals surface area contributed by atoms with E-state index in [9.17, 15) is 13.6 Å². The van der Waals surface area contributed by atoms with Crippen molar-refractivity contribution in [3.8, 4) is 16.3 Å². The Labute approximate surface area is 200 Å². The zero-order chi connectivity index (χ0) is 24.1. The molecule has 1 saturated heterocycles. The van der Waals surface area contributed by atoms with Gasteiger partial charge in [-0.05, 0) is 43.7 Å². The lowest BCUT2D eigenvalue weighted by Gasteiger charge is -2.23. The maximum Gasteiger partial charge on any atom is 0.280 e. The van der Waals surface area contributed by atoms with Crippen LogP contribution in [0.25, 0.3) is 10.6 Å². The van der Waals surface area contributed by atoms with Crippen LogP contribution in [0.5, 0.6) is 5.75 Å². The number of amides is 1. The first-order chi connectivity index (χ1) is 16.4. The molecular formula is C24H26F2N4O3S. The van der Waals surface area contributed by atoms with Crippen LogP contribution in [0.15, 0.2) is 42.7 Å². The smallest absolute Gasteiger partial charge is 0.280 e. The first-order valence-electron chi connectivity index (χ1n) is 11.0. The van der Waals surface area contributed by atoms with E-state index in [1.807, 2.05) is 13.0 Å². The normalized spacial score (nSPS) is 16.9. The van der Waals surface area contributed by atoms with Gasteiger partial charge in [0, 0.05) is 41.5 Å². The van der Waals surface area contributed by atoms with Crippen molar-refractivity contribution in [2.75, 3.05) is 26.3 Å². The van der Waals surface area contributed by atoms with Crippen molar-refractivity contribution in [2.24, 2.45) is 0 Å². The fourth-order valence-electron chi connectivity index (χ4n) is 3.51. The van der Waals surface area contributed by atoms with E-state index in [1.54, 1.807) is 31.3 Å². The third-order valence-corrected chi connectivity index (χ3v) is 6.32. The lowest BCUT2D eigenvalue weighted by atomic mass is 10.1. The van der Waals surface area contributed by atoms with E-state index in [-0.39, 0.29) is 17.7 Å². The minimum atomic E-state index is -2.63. The molecule has 0 spiro atoms. The van der Waals surface area contributed by atoms with Gasteiger partial charge in [-0.1, -0.05) is 6.07 Å². The van der Waals surface area contributed by atoms with Crippen molar-refractivity contribution in [1.82, 2.24) is 20.6 Å². The summed E-state index contributed by atoms with van der Waals surface area (Å²) in [6, 6.07) is 7.69. The highest BCUT2D eigenvalue weighted by Crippen LogP contribution is 2.30. The summed E-state index contributed by atoms with van der Waals surface area (Å²) in [5, 5.41) is 6.95. The number of halogens is 2. The Morgan fingerprint density at radius 3 is 2.79 bits per heavy atom. The van der Waals surface area contributed by atoms with E-state index in [0.29, 0.717) is 36.6 Å². The molecule has 3 heterocycles. The highest BCUT2D eigenvalue weighted by atomic mass is 32.1. The molecule has 2 N–H and O–H groups in total. The summed E-state index contributed by atoms with van der Waals surface area (Å²) in [4.78, 5) is 22.4. The average Bonchev–Trinajstić information content (AvgIpc) is 3.29. The van der Waals surface area contributed by atoms with Crippen molar-refractivity contribution in [1.29, 1.82) is 0 Å². The van der Waals surface area contributed by atoms with Crippen LogP contribution in [0.1, 0.15) is 45.9 Å². The number of carbonyl (C=O) groups is 1. The minimum Gasteiger partial charge on any atom is -0.491 e. The molecule has 2 aromatic heterocycles. The van der Waals surface area contributed by atoms with Crippen molar-refractivity contribution in [3.05, 3.63) is 64.4 Å². The molecule has 7 nitrogen and oxygen atoms in total. The molecule has 1 aliphatic rings. The van der Waals surface area contributed by atoms with Crippen LogP contribution in [0, 0.1) is 6.92 Å². The van der Waals surface area contributed by atoms with E-state index >= 15 is 0 Å². The standard InChI is InChI=1S/C24H26F2N4O3S/c1-14-10-29-24(34-14)18-7-17(8-19(9-18)33-13-20-12-27-5-6-32-20)23(31)30-15(2)16-3-4-21(22(25)26)28-11-16/h3-4,7-11,15,20,22,27H,5-6,12-13H2,1-2H3,(H,30,31)/t15-,20-/m1/s1. The molecule has 3 aromatic rings. The molecule has 1 aromatic carbocycles. The monoisotopic (exact) mass is 488 g/mol. The Balaban J connectivity index is 1.52. The number of morpholine rings is 1. The van der Waals surface area contributed by atoms with Crippen LogP contribution >= 0.6 is 11.3 Å². The van der Waals surface area contributed by atoms with Crippen molar-refractivity contribution in [2.45, 2.75) is 32.4 Å². The molecule has 0 aliphatic carbocycles. The number of alkyl halides is 2. The zero-order valence-corrected chi connectivity index (χ0v) is 19.7. The molecule has 0 radical (unpaired) electrons. The number of aromatic nitrogens is 2. The number of carbonyl (C=O) groups excluding carboxylic acids is 1. The van der Waals surface area contributed by atoms with Gasteiger partial charge in [0.25, 0.3) is 12.3 Å². The second-order valence-electron chi connectivity index (χ2n) is 8.04. The number of nitrogens with one attached hydrogen (secondary N) is 2. The molecule has 0 unspecified atom stereocenters. The number of hydrogen-bond acceptors (Lipinski definition) is 7. The van der Waals surface area contributed by atoms with Gasteiger partial charge in [0.05, 0.1) is 12.6 Å². The topological polar surface area (TPSA) is 85.4 Å². The number of aryl methyl sites for hydroxylation is 1. The molecule has 0 bridgehead atoms. The fourth-order valence-corrected chi connectivity index (χ4v) is 4.26. The van der Waals surface area contributed by atoms with E-state index < -0.39 is 12.5 Å². The minimum absolute atomic E-state index is 0.0690. The number of thiazole rings is 1. The zero-order valence-electron chi connectivity index (χ0n) is 18.9. The summed E-state index contributed by atoms with van der Waals surface area (Å²) in [7, 11) is 0. The van der Waals surface area contributed by atoms with Gasteiger partial charge in [0.2, 0.25) is 0 Å². The molecule has 0 saturated carbocycles. The summed E-state index contributed by atoms with van der Waals surface area (Å²) in [6.45, 7) is 6.25. The lowest BCUT2D eigenvalue weighted by molar-refractivity contribution is 0.000195.